The zero-order valence-corrected chi connectivity index (χ0v) is 39.2. The first kappa shape index (κ1) is 55.5. The van der Waals surface area contributed by atoms with Gasteiger partial charge >= 0.3 is 17.9 Å². The lowest BCUT2D eigenvalue weighted by molar-refractivity contribution is 0.0414. The maximum Gasteiger partial charge on any atom is 0.341 e. The average molecular weight is 863 g/mol. The molecule has 3 N–H and O–H groups in total. The summed E-state index contributed by atoms with van der Waals surface area (Å²) < 4.78 is 16.1. The van der Waals surface area contributed by atoms with E-state index < -0.39 is 5.97 Å². The summed E-state index contributed by atoms with van der Waals surface area (Å²) in [4.78, 5) is 35.7. The maximum atomic E-state index is 12.2. The SMILES string of the molecule is CCCCC(CC)COC(=O)c1ccc(O)cc1.CCCCC(CC)COC(=O)c1ccccc1O.CCCCCCCCC(CCCCCC)COC(=O)c1ccc(O)cc1. The molecular formula is C53H82O9. The third-order valence-corrected chi connectivity index (χ3v) is 11.2. The van der Waals surface area contributed by atoms with Crippen molar-refractivity contribution in [3.8, 4) is 17.2 Å². The van der Waals surface area contributed by atoms with Gasteiger partial charge in [0.2, 0.25) is 0 Å². The molecule has 0 aliphatic heterocycles. The number of unbranched alkanes of at least 4 members (excludes halogenated alkanes) is 10. The van der Waals surface area contributed by atoms with Crippen molar-refractivity contribution in [3.05, 3.63) is 89.5 Å². The molecule has 0 amide bonds. The molecule has 0 aromatic heterocycles. The topological polar surface area (TPSA) is 140 Å². The van der Waals surface area contributed by atoms with Crippen LogP contribution in [0, 0.1) is 17.8 Å². The number of hydrogen-bond acceptors (Lipinski definition) is 9. The van der Waals surface area contributed by atoms with Gasteiger partial charge in [0.25, 0.3) is 0 Å². The van der Waals surface area contributed by atoms with Crippen molar-refractivity contribution in [2.24, 2.45) is 17.8 Å². The van der Waals surface area contributed by atoms with Gasteiger partial charge in [0.05, 0.1) is 30.9 Å². The zero-order valence-electron chi connectivity index (χ0n) is 39.2. The minimum absolute atomic E-state index is 0.0240. The number of carbonyl (C=O) groups is 3. The Bertz CT molecular complexity index is 1570. The Hall–Kier alpha value is -4.53. The molecule has 3 aromatic carbocycles. The smallest absolute Gasteiger partial charge is 0.341 e. The first-order valence-corrected chi connectivity index (χ1v) is 23.9. The van der Waals surface area contributed by atoms with Crippen LogP contribution in [0.1, 0.15) is 201 Å². The predicted octanol–water partition coefficient (Wildman–Crippen LogP) is 14.4. The van der Waals surface area contributed by atoms with E-state index in [0.29, 0.717) is 48.7 Å². The third kappa shape index (κ3) is 26.1. The lowest BCUT2D eigenvalue weighted by atomic mass is 9.95. The minimum atomic E-state index is -0.442. The van der Waals surface area contributed by atoms with E-state index in [9.17, 15) is 24.6 Å². The molecule has 0 radical (unpaired) electrons. The fourth-order valence-electron chi connectivity index (χ4n) is 6.85. The lowest BCUT2D eigenvalue weighted by Crippen LogP contribution is -2.15. The summed E-state index contributed by atoms with van der Waals surface area (Å²) in [5.41, 5.74) is 1.23. The number of benzene rings is 3. The highest BCUT2D eigenvalue weighted by atomic mass is 16.5. The molecule has 3 rings (SSSR count). The first-order chi connectivity index (χ1) is 30.0. The number of aromatic hydroxyl groups is 3. The van der Waals surface area contributed by atoms with Gasteiger partial charge in [-0.3, -0.25) is 0 Å². The summed E-state index contributed by atoms with van der Waals surface area (Å²) in [6.45, 7) is 14.4. The third-order valence-electron chi connectivity index (χ3n) is 11.2. The Morgan fingerprint density at radius 2 is 0.774 bits per heavy atom. The number of hydrogen-bond donors (Lipinski definition) is 3. The van der Waals surface area contributed by atoms with Gasteiger partial charge in [0.1, 0.15) is 22.8 Å². The van der Waals surface area contributed by atoms with Crippen LogP contribution in [-0.2, 0) is 14.2 Å². The number of carbonyl (C=O) groups excluding carboxylic acids is 3. The molecule has 0 spiro atoms. The van der Waals surface area contributed by atoms with Gasteiger partial charge in [0.15, 0.2) is 0 Å². The van der Waals surface area contributed by atoms with E-state index in [4.69, 9.17) is 19.3 Å². The highest BCUT2D eigenvalue weighted by Gasteiger charge is 2.16. The highest BCUT2D eigenvalue weighted by molar-refractivity contribution is 5.92. The summed E-state index contributed by atoms with van der Waals surface area (Å²) in [7, 11) is 0. The fourth-order valence-corrected chi connectivity index (χ4v) is 6.85. The second-order valence-corrected chi connectivity index (χ2v) is 16.5. The van der Waals surface area contributed by atoms with E-state index in [2.05, 4.69) is 41.5 Å². The van der Waals surface area contributed by atoms with Crippen LogP contribution in [0.15, 0.2) is 72.8 Å². The fraction of sp³-hybridized carbons (Fsp3) is 0.604. The summed E-state index contributed by atoms with van der Waals surface area (Å²) in [5.74, 6) is 0.591. The predicted molar refractivity (Wildman–Crippen MR) is 252 cm³/mol. The Morgan fingerprint density at radius 3 is 1.19 bits per heavy atom. The van der Waals surface area contributed by atoms with Crippen LogP contribution in [0.4, 0.5) is 0 Å². The number of phenols is 3. The Balaban J connectivity index is 0.000000478. The number of para-hydroxylation sites is 1. The average Bonchev–Trinajstić information content (AvgIpc) is 3.28. The van der Waals surface area contributed by atoms with Crippen LogP contribution >= 0.6 is 0 Å². The molecule has 9 heteroatoms. The van der Waals surface area contributed by atoms with Crippen LogP contribution in [0.2, 0.25) is 0 Å². The molecule has 9 nitrogen and oxygen atoms in total. The van der Waals surface area contributed by atoms with Gasteiger partial charge in [-0.2, -0.15) is 0 Å². The molecular weight excluding hydrogens is 781 g/mol. The van der Waals surface area contributed by atoms with Crippen molar-refractivity contribution in [1.82, 2.24) is 0 Å². The van der Waals surface area contributed by atoms with Crippen LogP contribution in [0.25, 0.3) is 0 Å². The van der Waals surface area contributed by atoms with Crippen LogP contribution in [0.3, 0.4) is 0 Å². The lowest BCUT2D eigenvalue weighted by Gasteiger charge is -2.17. The summed E-state index contributed by atoms with van der Waals surface area (Å²) in [6, 6.07) is 18.9. The molecule has 0 aliphatic carbocycles. The maximum absolute atomic E-state index is 12.2. The second kappa shape index (κ2) is 36.0. The molecule has 3 aromatic rings. The molecule has 0 bridgehead atoms. The molecule has 348 valence electrons. The monoisotopic (exact) mass is 863 g/mol. The van der Waals surface area contributed by atoms with Crippen molar-refractivity contribution >= 4 is 17.9 Å². The summed E-state index contributed by atoms with van der Waals surface area (Å²) in [5, 5.41) is 28.0. The summed E-state index contributed by atoms with van der Waals surface area (Å²) in [6.07, 6.45) is 24.0. The molecule has 3 unspecified atom stereocenters. The van der Waals surface area contributed by atoms with Crippen molar-refractivity contribution in [2.75, 3.05) is 19.8 Å². The minimum Gasteiger partial charge on any atom is -0.508 e. The van der Waals surface area contributed by atoms with E-state index in [1.54, 1.807) is 42.5 Å². The second-order valence-electron chi connectivity index (χ2n) is 16.5. The molecule has 0 fully saturated rings. The molecule has 3 atom stereocenters. The van der Waals surface area contributed by atoms with E-state index in [0.717, 1.165) is 51.4 Å². The quantitative estimate of drug-likeness (QED) is 0.0353. The van der Waals surface area contributed by atoms with Gasteiger partial charge in [-0.25, -0.2) is 14.4 Å². The van der Waals surface area contributed by atoms with Crippen molar-refractivity contribution in [3.63, 3.8) is 0 Å². The molecule has 0 heterocycles. The summed E-state index contributed by atoms with van der Waals surface area (Å²) >= 11 is 0. The van der Waals surface area contributed by atoms with Crippen molar-refractivity contribution < 1.29 is 43.9 Å². The van der Waals surface area contributed by atoms with Crippen LogP contribution < -0.4 is 0 Å². The number of phenolic OH excluding ortho intramolecular Hbond substituents is 3. The largest absolute Gasteiger partial charge is 0.508 e. The van der Waals surface area contributed by atoms with Crippen LogP contribution in [-0.4, -0.2) is 53.0 Å². The number of rotatable bonds is 29. The highest BCUT2D eigenvalue weighted by Crippen LogP contribution is 2.22. The van der Waals surface area contributed by atoms with Gasteiger partial charge < -0.3 is 29.5 Å². The number of ether oxygens (including phenoxy) is 3. The van der Waals surface area contributed by atoms with E-state index in [1.807, 2.05) is 0 Å². The van der Waals surface area contributed by atoms with Gasteiger partial charge in [-0.05, 0) is 104 Å². The normalized spacial score (nSPS) is 12.1. The molecule has 0 aliphatic rings. The van der Waals surface area contributed by atoms with Crippen molar-refractivity contribution in [1.29, 1.82) is 0 Å². The van der Waals surface area contributed by atoms with Gasteiger partial charge in [0, 0.05) is 0 Å². The van der Waals surface area contributed by atoms with E-state index in [-0.39, 0.29) is 34.8 Å². The van der Waals surface area contributed by atoms with E-state index in [1.165, 1.54) is 107 Å². The van der Waals surface area contributed by atoms with E-state index >= 15 is 0 Å². The van der Waals surface area contributed by atoms with Gasteiger partial charge in [-0.1, -0.05) is 156 Å². The molecule has 0 saturated heterocycles. The standard InChI is InChI=1S/C23H38O3.2C15H22O3/c1-3-5-7-9-10-12-14-20(13-11-8-6-4-2)19-26-23(25)21-15-17-22(24)18-16-21;1-3-5-8-12(4-2)11-18-15(17)13-9-6-7-10-14(13)16;1-3-5-6-12(4-2)11-18-15(17)13-7-9-14(16)10-8-13/h15-18,20,24H,3-14,19H2,1-2H3;6-7,9-10,12,16H,3-5,8,11H2,1-2H3;7-10,12,16H,3-6,11H2,1-2H3. The molecule has 0 saturated carbocycles. The number of esters is 3. The Kier molecular flexibility index (Phi) is 32.2. The van der Waals surface area contributed by atoms with Gasteiger partial charge in [-0.15, -0.1) is 0 Å². The first-order valence-electron chi connectivity index (χ1n) is 23.9. The molecule has 62 heavy (non-hydrogen) atoms. The van der Waals surface area contributed by atoms with Crippen molar-refractivity contribution in [2.45, 2.75) is 170 Å². The van der Waals surface area contributed by atoms with Crippen LogP contribution in [0.5, 0.6) is 17.2 Å². The zero-order chi connectivity index (χ0) is 45.8. The Morgan fingerprint density at radius 1 is 0.419 bits per heavy atom. The Labute approximate surface area is 375 Å².